The molecule has 0 radical (unpaired) electrons. The van der Waals surface area contributed by atoms with Crippen molar-refractivity contribution in [1.82, 2.24) is 0 Å². The molecule has 0 aromatic heterocycles. The Morgan fingerprint density at radius 3 is 2.60 bits per heavy atom. The Balaban J connectivity index is 2.22. The summed E-state index contributed by atoms with van der Waals surface area (Å²) in [6, 6.07) is 15.7. The van der Waals surface area contributed by atoms with Crippen molar-refractivity contribution in [2.24, 2.45) is 0 Å². The number of nitriles is 2. The van der Waals surface area contributed by atoms with Crippen LogP contribution in [0.4, 0.5) is 0 Å². The number of para-hydroxylation sites is 1. The third-order valence-corrected chi connectivity index (χ3v) is 2.79. The third kappa shape index (κ3) is 2.82. The van der Waals surface area contributed by atoms with Crippen molar-refractivity contribution in [2.75, 3.05) is 0 Å². The van der Waals surface area contributed by atoms with Crippen LogP contribution in [-0.2, 0) is 6.61 Å². The highest BCUT2D eigenvalue weighted by Crippen LogP contribution is 2.19. The second-order valence-electron chi connectivity index (χ2n) is 4.04. The second-order valence-corrected chi connectivity index (χ2v) is 4.04. The van der Waals surface area contributed by atoms with Crippen molar-refractivity contribution in [3.05, 3.63) is 64.7 Å². The minimum absolute atomic E-state index is 0.166. The lowest BCUT2D eigenvalue weighted by molar-refractivity contribution is 0.111. The minimum atomic E-state index is 0.166. The molecule has 96 valence electrons. The van der Waals surface area contributed by atoms with E-state index < -0.39 is 0 Å². The van der Waals surface area contributed by atoms with E-state index in [0.29, 0.717) is 28.0 Å². The lowest BCUT2D eigenvalue weighted by Gasteiger charge is -2.09. The van der Waals surface area contributed by atoms with Gasteiger partial charge in [-0.1, -0.05) is 18.2 Å². The van der Waals surface area contributed by atoms with Crippen molar-refractivity contribution in [1.29, 1.82) is 10.5 Å². The van der Waals surface area contributed by atoms with Gasteiger partial charge in [0.05, 0.1) is 28.8 Å². The van der Waals surface area contributed by atoms with E-state index in [1.165, 1.54) is 6.07 Å². The van der Waals surface area contributed by atoms with E-state index >= 15 is 0 Å². The lowest BCUT2D eigenvalue weighted by atomic mass is 10.1. The summed E-state index contributed by atoms with van der Waals surface area (Å²) in [5.41, 5.74) is 1.96. The fourth-order valence-corrected chi connectivity index (χ4v) is 1.74. The van der Waals surface area contributed by atoms with E-state index in [1.54, 1.807) is 36.4 Å². The van der Waals surface area contributed by atoms with Crippen LogP contribution in [0.2, 0.25) is 0 Å². The Morgan fingerprint density at radius 2 is 1.90 bits per heavy atom. The number of aldehydes is 1. The van der Waals surface area contributed by atoms with Gasteiger partial charge in [0.15, 0.2) is 6.29 Å². The molecule has 0 spiro atoms. The molecule has 2 aromatic rings. The summed E-state index contributed by atoms with van der Waals surface area (Å²) < 4.78 is 5.56. The molecular formula is C16H10N2O2. The number of benzene rings is 2. The molecule has 0 saturated heterocycles. The number of hydrogen-bond donors (Lipinski definition) is 0. The largest absolute Gasteiger partial charge is 0.488 e. The lowest BCUT2D eigenvalue weighted by Crippen LogP contribution is -2.00. The summed E-state index contributed by atoms with van der Waals surface area (Å²) in [5, 5.41) is 17.9. The van der Waals surface area contributed by atoms with E-state index in [-0.39, 0.29) is 6.61 Å². The van der Waals surface area contributed by atoms with Crippen molar-refractivity contribution >= 4 is 6.29 Å². The maximum absolute atomic E-state index is 10.9. The molecule has 0 aliphatic rings. The van der Waals surface area contributed by atoms with Crippen molar-refractivity contribution in [2.45, 2.75) is 6.61 Å². The van der Waals surface area contributed by atoms with Gasteiger partial charge in [-0.05, 0) is 24.3 Å². The SMILES string of the molecule is N#Cc1ccc(COc2ccccc2C=O)c(C#N)c1. The van der Waals surface area contributed by atoms with Crippen LogP contribution < -0.4 is 4.74 Å². The monoisotopic (exact) mass is 262 g/mol. The number of ether oxygens (including phenoxy) is 1. The minimum Gasteiger partial charge on any atom is -0.488 e. The highest BCUT2D eigenvalue weighted by atomic mass is 16.5. The molecule has 0 aliphatic heterocycles. The summed E-state index contributed by atoms with van der Waals surface area (Å²) in [5.74, 6) is 0.468. The molecule has 0 heterocycles. The first kappa shape index (κ1) is 13.3. The molecule has 2 rings (SSSR count). The molecule has 0 fully saturated rings. The normalized spacial score (nSPS) is 9.30. The number of rotatable bonds is 4. The van der Waals surface area contributed by atoms with E-state index in [2.05, 4.69) is 0 Å². The van der Waals surface area contributed by atoms with Gasteiger partial charge in [0.25, 0.3) is 0 Å². The summed E-state index contributed by atoms with van der Waals surface area (Å²) in [6.07, 6.45) is 0.722. The molecule has 0 saturated carbocycles. The standard InChI is InChI=1S/C16H10N2O2/c17-8-12-5-6-14(15(7-12)9-18)11-20-16-4-2-1-3-13(16)10-19/h1-7,10H,11H2. The molecule has 0 N–H and O–H groups in total. The summed E-state index contributed by atoms with van der Waals surface area (Å²) in [6.45, 7) is 0.166. The van der Waals surface area contributed by atoms with Crippen LogP contribution in [0.1, 0.15) is 27.0 Å². The van der Waals surface area contributed by atoms with E-state index in [1.807, 2.05) is 12.1 Å². The number of carbonyl (C=O) groups excluding carboxylic acids is 1. The Labute approximate surface area is 116 Å². The fraction of sp³-hybridized carbons (Fsp3) is 0.0625. The van der Waals surface area contributed by atoms with Crippen molar-refractivity contribution in [3.63, 3.8) is 0 Å². The molecule has 4 heteroatoms. The second kappa shape index (κ2) is 6.17. The number of carbonyl (C=O) groups is 1. The molecule has 0 amide bonds. The van der Waals surface area contributed by atoms with Crippen LogP contribution in [0.5, 0.6) is 5.75 Å². The molecule has 20 heavy (non-hydrogen) atoms. The maximum atomic E-state index is 10.9. The van der Waals surface area contributed by atoms with Crippen LogP contribution in [-0.4, -0.2) is 6.29 Å². The smallest absolute Gasteiger partial charge is 0.153 e. The molecule has 4 nitrogen and oxygen atoms in total. The summed E-state index contributed by atoms with van der Waals surface area (Å²) in [4.78, 5) is 10.9. The van der Waals surface area contributed by atoms with Crippen LogP contribution in [0.3, 0.4) is 0 Å². The van der Waals surface area contributed by atoms with Gasteiger partial charge >= 0.3 is 0 Å². The zero-order valence-corrected chi connectivity index (χ0v) is 10.5. The molecule has 0 bridgehead atoms. The molecular weight excluding hydrogens is 252 g/mol. The first-order valence-electron chi connectivity index (χ1n) is 5.88. The van der Waals surface area contributed by atoms with Crippen LogP contribution in [0, 0.1) is 22.7 Å². The Bertz CT molecular complexity index is 724. The number of hydrogen-bond acceptors (Lipinski definition) is 4. The zero-order valence-electron chi connectivity index (χ0n) is 10.5. The van der Waals surface area contributed by atoms with Gasteiger partial charge in [-0.25, -0.2) is 0 Å². The van der Waals surface area contributed by atoms with Crippen LogP contribution in [0.15, 0.2) is 42.5 Å². The first-order chi connectivity index (χ1) is 9.78. The fourth-order valence-electron chi connectivity index (χ4n) is 1.74. The highest BCUT2D eigenvalue weighted by molar-refractivity contribution is 5.79. The Morgan fingerprint density at radius 1 is 1.10 bits per heavy atom. The molecule has 0 aliphatic carbocycles. The Kier molecular flexibility index (Phi) is 4.11. The van der Waals surface area contributed by atoms with Gasteiger partial charge in [0.1, 0.15) is 12.4 Å². The van der Waals surface area contributed by atoms with Gasteiger partial charge in [-0.2, -0.15) is 10.5 Å². The van der Waals surface area contributed by atoms with Crippen LogP contribution in [0.25, 0.3) is 0 Å². The summed E-state index contributed by atoms with van der Waals surface area (Å²) >= 11 is 0. The van der Waals surface area contributed by atoms with Gasteiger partial charge in [0.2, 0.25) is 0 Å². The van der Waals surface area contributed by atoms with Gasteiger partial charge < -0.3 is 4.74 Å². The van der Waals surface area contributed by atoms with Crippen LogP contribution >= 0.6 is 0 Å². The van der Waals surface area contributed by atoms with Gasteiger partial charge in [-0.15, -0.1) is 0 Å². The molecule has 2 aromatic carbocycles. The number of nitrogens with zero attached hydrogens (tertiary/aromatic N) is 2. The van der Waals surface area contributed by atoms with E-state index in [0.717, 1.165) is 6.29 Å². The third-order valence-electron chi connectivity index (χ3n) is 2.79. The highest BCUT2D eigenvalue weighted by Gasteiger charge is 2.06. The Hall–Kier alpha value is -3.11. The van der Waals surface area contributed by atoms with E-state index in [4.69, 9.17) is 15.3 Å². The predicted molar refractivity (Wildman–Crippen MR) is 72.0 cm³/mol. The molecule has 0 unspecified atom stereocenters. The zero-order chi connectivity index (χ0) is 14.4. The maximum Gasteiger partial charge on any atom is 0.153 e. The van der Waals surface area contributed by atoms with Gasteiger partial charge in [-0.3, -0.25) is 4.79 Å². The first-order valence-corrected chi connectivity index (χ1v) is 5.88. The van der Waals surface area contributed by atoms with Crippen molar-refractivity contribution < 1.29 is 9.53 Å². The predicted octanol–water partition coefficient (Wildman–Crippen LogP) is 2.82. The quantitative estimate of drug-likeness (QED) is 0.794. The topological polar surface area (TPSA) is 73.9 Å². The average molecular weight is 262 g/mol. The molecule has 0 atom stereocenters. The van der Waals surface area contributed by atoms with Gasteiger partial charge in [0, 0.05) is 5.56 Å². The van der Waals surface area contributed by atoms with E-state index in [9.17, 15) is 4.79 Å². The summed E-state index contributed by atoms with van der Waals surface area (Å²) in [7, 11) is 0. The average Bonchev–Trinajstić information content (AvgIpc) is 2.52. The van der Waals surface area contributed by atoms with Crippen molar-refractivity contribution in [3.8, 4) is 17.9 Å².